The second-order valence-corrected chi connectivity index (χ2v) is 4.00. The minimum absolute atomic E-state index is 0.00142. The molecular weight excluding hydrogens is 220 g/mol. The van der Waals surface area contributed by atoms with Crippen LogP contribution in [-0.2, 0) is 0 Å². The number of hydrazine groups is 1. The van der Waals surface area contributed by atoms with Gasteiger partial charge in [-0.15, -0.1) is 0 Å². The Morgan fingerprint density at radius 3 is 2.00 bits per heavy atom. The lowest BCUT2D eigenvalue weighted by Crippen LogP contribution is -2.28. The van der Waals surface area contributed by atoms with E-state index >= 15 is 0 Å². The molecule has 3 heteroatoms. The summed E-state index contributed by atoms with van der Waals surface area (Å²) >= 11 is 5.85. The van der Waals surface area contributed by atoms with Crippen molar-refractivity contribution in [2.45, 2.75) is 6.04 Å². The van der Waals surface area contributed by atoms with E-state index in [2.05, 4.69) is 5.43 Å². The molecule has 0 saturated carbocycles. The quantitative estimate of drug-likeness (QED) is 0.631. The highest BCUT2D eigenvalue weighted by molar-refractivity contribution is 6.30. The number of benzene rings is 2. The van der Waals surface area contributed by atoms with E-state index in [0.29, 0.717) is 0 Å². The molecule has 0 aliphatic rings. The maximum Gasteiger partial charge on any atom is 0.0710 e. The molecule has 3 N–H and O–H groups in total. The Labute approximate surface area is 100 Å². The SMILES string of the molecule is NNC(c1ccccc1)c1ccc(Cl)cc1. The van der Waals surface area contributed by atoms with Gasteiger partial charge in [0.25, 0.3) is 0 Å². The normalized spacial score (nSPS) is 12.4. The maximum absolute atomic E-state index is 5.85. The summed E-state index contributed by atoms with van der Waals surface area (Å²) in [5, 5.41) is 0.729. The molecule has 0 heterocycles. The van der Waals surface area contributed by atoms with E-state index in [1.54, 1.807) is 0 Å². The highest BCUT2D eigenvalue weighted by Crippen LogP contribution is 2.22. The first kappa shape index (κ1) is 11.1. The van der Waals surface area contributed by atoms with Crippen LogP contribution in [0.5, 0.6) is 0 Å². The molecular formula is C13H13ClN2. The van der Waals surface area contributed by atoms with Crippen molar-refractivity contribution >= 4 is 11.6 Å². The van der Waals surface area contributed by atoms with Gasteiger partial charge in [-0.1, -0.05) is 54.1 Å². The fourth-order valence-electron chi connectivity index (χ4n) is 1.69. The minimum atomic E-state index is -0.00142. The predicted octanol–water partition coefficient (Wildman–Crippen LogP) is 2.89. The van der Waals surface area contributed by atoms with Crippen molar-refractivity contribution in [1.29, 1.82) is 0 Å². The largest absolute Gasteiger partial charge is 0.271 e. The molecule has 2 aromatic rings. The van der Waals surface area contributed by atoms with Crippen molar-refractivity contribution in [3.05, 3.63) is 70.7 Å². The van der Waals surface area contributed by atoms with Gasteiger partial charge in [-0.05, 0) is 23.3 Å². The van der Waals surface area contributed by atoms with Crippen LogP contribution in [0, 0.1) is 0 Å². The van der Waals surface area contributed by atoms with Crippen LogP contribution in [0.3, 0.4) is 0 Å². The highest BCUT2D eigenvalue weighted by Gasteiger charge is 2.10. The molecule has 0 radical (unpaired) electrons. The third kappa shape index (κ3) is 2.42. The minimum Gasteiger partial charge on any atom is -0.271 e. The topological polar surface area (TPSA) is 38.0 Å². The summed E-state index contributed by atoms with van der Waals surface area (Å²) in [5.74, 6) is 5.59. The third-order valence-electron chi connectivity index (χ3n) is 2.50. The van der Waals surface area contributed by atoms with Gasteiger partial charge in [-0.2, -0.15) is 0 Å². The molecule has 0 fully saturated rings. The number of rotatable bonds is 3. The monoisotopic (exact) mass is 232 g/mol. The first-order valence-corrected chi connectivity index (χ1v) is 5.45. The summed E-state index contributed by atoms with van der Waals surface area (Å²) in [4.78, 5) is 0. The fourth-order valence-corrected chi connectivity index (χ4v) is 1.81. The van der Waals surface area contributed by atoms with E-state index < -0.39 is 0 Å². The van der Waals surface area contributed by atoms with Crippen LogP contribution < -0.4 is 11.3 Å². The summed E-state index contributed by atoms with van der Waals surface area (Å²) in [5.41, 5.74) is 5.04. The molecule has 1 atom stereocenters. The van der Waals surface area contributed by atoms with Crippen molar-refractivity contribution in [1.82, 2.24) is 5.43 Å². The second-order valence-electron chi connectivity index (χ2n) is 3.56. The molecule has 2 nitrogen and oxygen atoms in total. The van der Waals surface area contributed by atoms with E-state index in [0.717, 1.165) is 16.1 Å². The van der Waals surface area contributed by atoms with Crippen molar-refractivity contribution < 1.29 is 0 Å². The molecule has 16 heavy (non-hydrogen) atoms. The zero-order chi connectivity index (χ0) is 11.4. The first-order valence-electron chi connectivity index (χ1n) is 5.08. The van der Waals surface area contributed by atoms with Crippen LogP contribution in [0.2, 0.25) is 5.02 Å². The van der Waals surface area contributed by atoms with E-state index in [1.165, 1.54) is 0 Å². The lowest BCUT2D eigenvalue weighted by Gasteiger charge is -2.16. The zero-order valence-electron chi connectivity index (χ0n) is 8.73. The Morgan fingerprint density at radius 1 is 0.875 bits per heavy atom. The lowest BCUT2D eigenvalue weighted by atomic mass is 10.00. The predicted molar refractivity (Wildman–Crippen MR) is 67.1 cm³/mol. The average molecular weight is 233 g/mol. The van der Waals surface area contributed by atoms with Crippen LogP contribution in [0.1, 0.15) is 17.2 Å². The molecule has 0 aliphatic heterocycles. The molecule has 0 spiro atoms. The molecule has 0 aliphatic carbocycles. The van der Waals surface area contributed by atoms with Gasteiger partial charge in [0.05, 0.1) is 6.04 Å². The van der Waals surface area contributed by atoms with Gasteiger partial charge in [-0.25, -0.2) is 5.43 Å². The zero-order valence-corrected chi connectivity index (χ0v) is 9.48. The van der Waals surface area contributed by atoms with Crippen LogP contribution in [0.25, 0.3) is 0 Å². The van der Waals surface area contributed by atoms with Crippen molar-refractivity contribution in [2.24, 2.45) is 5.84 Å². The number of nitrogens with two attached hydrogens (primary N) is 1. The lowest BCUT2D eigenvalue weighted by molar-refractivity contribution is 0.637. The Hall–Kier alpha value is -1.35. The van der Waals surface area contributed by atoms with Gasteiger partial charge in [0.2, 0.25) is 0 Å². The summed E-state index contributed by atoms with van der Waals surface area (Å²) in [6, 6.07) is 17.7. The molecule has 82 valence electrons. The second kappa shape index (κ2) is 5.12. The molecule has 2 rings (SSSR count). The molecule has 0 aromatic heterocycles. The average Bonchev–Trinajstić information content (AvgIpc) is 2.34. The number of nitrogens with one attached hydrogen (secondary N) is 1. The first-order chi connectivity index (χ1) is 7.81. The van der Waals surface area contributed by atoms with Gasteiger partial charge in [0.15, 0.2) is 0 Å². The van der Waals surface area contributed by atoms with Gasteiger partial charge >= 0.3 is 0 Å². The van der Waals surface area contributed by atoms with Gasteiger partial charge in [0, 0.05) is 5.02 Å². The van der Waals surface area contributed by atoms with Gasteiger partial charge < -0.3 is 0 Å². The van der Waals surface area contributed by atoms with Crippen molar-refractivity contribution in [3.8, 4) is 0 Å². The molecule has 1 unspecified atom stereocenters. The standard InChI is InChI=1S/C13H13ClN2/c14-12-8-6-11(7-9-12)13(16-15)10-4-2-1-3-5-10/h1-9,13,16H,15H2. The summed E-state index contributed by atoms with van der Waals surface area (Å²) < 4.78 is 0. The Bertz CT molecular complexity index is 439. The molecule has 2 aromatic carbocycles. The maximum atomic E-state index is 5.85. The molecule has 0 saturated heterocycles. The molecule has 0 amide bonds. The Kier molecular flexibility index (Phi) is 3.57. The Morgan fingerprint density at radius 2 is 1.44 bits per heavy atom. The van der Waals surface area contributed by atoms with Gasteiger partial charge in [0.1, 0.15) is 0 Å². The van der Waals surface area contributed by atoms with Crippen LogP contribution >= 0.6 is 11.6 Å². The van der Waals surface area contributed by atoms with Gasteiger partial charge in [-0.3, -0.25) is 5.84 Å². The summed E-state index contributed by atoms with van der Waals surface area (Å²) in [6.07, 6.45) is 0. The van der Waals surface area contributed by atoms with E-state index in [9.17, 15) is 0 Å². The summed E-state index contributed by atoms with van der Waals surface area (Å²) in [6.45, 7) is 0. The highest BCUT2D eigenvalue weighted by atomic mass is 35.5. The van der Waals surface area contributed by atoms with Crippen LogP contribution in [0.4, 0.5) is 0 Å². The number of hydrogen-bond acceptors (Lipinski definition) is 2. The van der Waals surface area contributed by atoms with E-state index in [1.807, 2.05) is 54.6 Å². The van der Waals surface area contributed by atoms with E-state index in [-0.39, 0.29) is 6.04 Å². The number of halogens is 1. The third-order valence-corrected chi connectivity index (χ3v) is 2.75. The van der Waals surface area contributed by atoms with Crippen molar-refractivity contribution in [2.75, 3.05) is 0 Å². The Balaban J connectivity index is 2.33. The summed E-state index contributed by atoms with van der Waals surface area (Å²) in [7, 11) is 0. The molecule has 0 bridgehead atoms. The van der Waals surface area contributed by atoms with E-state index in [4.69, 9.17) is 17.4 Å². The number of hydrogen-bond donors (Lipinski definition) is 2. The van der Waals surface area contributed by atoms with Crippen molar-refractivity contribution in [3.63, 3.8) is 0 Å². The smallest absolute Gasteiger partial charge is 0.0710 e. The van der Waals surface area contributed by atoms with Crippen LogP contribution in [-0.4, -0.2) is 0 Å². The van der Waals surface area contributed by atoms with Crippen LogP contribution in [0.15, 0.2) is 54.6 Å². The fraction of sp³-hybridized carbons (Fsp3) is 0.0769.